The molecule has 1 amide bonds. The number of carbonyl (C=O) groups is 2. The van der Waals surface area contributed by atoms with Crippen LogP contribution in [0.25, 0.3) is 11.2 Å². The van der Waals surface area contributed by atoms with Gasteiger partial charge in [-0.15, -0.1) is 23.2 Å². The number of ether oxygens (including phenoxy) is 1. The maximum Gasteiger partial charge on any atom is 0.315 e. The molecule has 0 saturated heterocycles. The number of hydrogen-bond acceptors (Lipinski definition) is 6. The molecule has 1 saturated carbocycles. The molecular formula is C13H13Cl2N5O3. The molecular weight excluding hydrogens is 345 g/mol. The SMILES string of the molecule is CC(OC(=O)C1(C)CC1(Cl)Cl)C(=O)Nc1ncnc2nc[nH]c12. The lowest BCUT2D eigenvalue weighted by Crippen LogP contribution is -2.33. The largest absolute Gasteiger partial charge is 0.452 e. The summed E-state index contributed by atoms with van der Waals surface area (Å²) >= 11 is 11.8. The Balaban J connectivity index is 1.67. The van der Waals surface area contributed by atoms with E-state index in [1.54, 1.807) is 6.92 Å². The van der Waals surface area contributed by atoms with E-state index in [1.165, 1.54) is 19.6 Å². The van der Waals surface area contributed by atoms with Gasteiger partial charge in [0.15, 0.2) is 17.6 Å². The third kappa shape index (κ3) is 2.72. The Kier molecular flexibility index (Phi) is 3.68. The van der Waals surface area contributed by atoms with E-state index in [2.05, 4.69) is 25.3 Å². The summed E-state index contributed by atoms with van der Waals surface area (Å²) in [5, 5.41) is 2.56. The van der Waals surface area contributed by atoms with Gasteiger partial charge in [0.25, 0.3) is 5.91 Å². The number of aromatic nitrogens is 4. The van der Waals surface area contributed by atoms with Crippen LogP contribution in [0.4, 0.5) is 5.82 Å². The number of halogens is 2. The molecule has 2 unspecified atom stereocenters. The minimum Gasteiger partial charge on any atom is -0.452 e. The van der Waals surface area contributed by atoms with Gasteiger partial charge in [-0.05, 0) is 13.8 Å². The first kappa shape index (κ1) is 15.9. The molecule has 0 bridgehead atoms. The summed E-state index contributed by atoms with van der Waals surface area (Å²) in [6.45, 7) is 3.05. The van der Waals surface area contributed by atoms with E-state index >= 15 is 0 Å². The molecule has 0 aliphatic heterocycles. The number of nitrogens with zero attached hydrogens (tertiary/aromatic N) is 3. The van der Waals surface area contributed by atoms with Gasteiger partial charge in [-0.1, -0.05) is 0 Å². The van der Waals surface area contributed by atoms with Gasteiger partial charge in [0.2, 0.25) is 0 Å². The Labute approximate surface area is 140 Å². The molecule has 8 nitrogen and oxygen atoms in total. The first-order chi connectivity index (χ1) is 10.7. The van der Waals surface area contributed by atoms with E-state index in [4.69, 9.17) is 27.9 Å². The van der Waals surface area contributed by atoms with Crippen LogP contribution in [-0.2, 0) is 14.3 Å². The van der Waals surface area contributed by atoms with Crippen molar-refractivity contribution in [2.24, 2.45) is 5.41 Å². The van der Waals surface area contributed by atoms with E-state index in [9.17, 15) is 9.59 Å². The molecule has 2 atom stereocenters. The van der Waals surface area contributed by atoms with Crippen molar-refractivity contribution in [3.63, 3.8) is 0 Å². The highest BCUT2D eigenvalue weighted by Crippen LogP contribution is 2.64. The summed E-state index contributed by atoms with van der Waals surface area (Å²) in [6, 6.07) is 0. The molecule has 2 aromatic heterocycles. The normalized spacial score (nSPS) is 23.3. The van der Waals surface area contributed by atoms with Crippen molar-refractivity contribution in [2.75, 3.05) is 5.32 Å². The number of amides is 1. The zero-order valence-electron chi connectivity index (χ0n) is 12.3. The first-order valence-electron chi connectivity index (χ1n) is 6.78. The highest BCUT2D eigenvalue weighted by molar-refractivity contribution is 6.53. The summed E-state index contributed by atoms with van der Waals surface area (Å²) in [5.74, 6) is -0.895. The number of carbonyl (C=O) groups excluding carboxylic acids is 2. The smallest absolute Gasteiger partial charge is 0.315 e. The Morgan fingerprint density at radius 3 is 2.74 bits per heavy atom. The average Bonchev–Trinajstić information content (AvgIpc) is 2.86. The van der Waals surface area contributed by atoms with Gasteiger partial charge in [-0.2, -0.15) is 0 Å². The third-order valence-electron chi connectivity index (χ3n) is 3.83. The van der Waals surface area contributed by atoms with Gasteiger partial charge in [0.1, 0.15) is 21.6 Å². The fraction of sp³-hybridized carbons (Fsp3) is 0.462. The highest BCUT2D eigenvalue weighted by Gasteiger charge is 2.69. The number of anilines is 1. The van der Waals surface area contributed by atoms with E-state index in [0.717, 1.165) is 0 Å². The molecule has 2 N–H and O–H groups in total. The van der Waals surface area contributed by atoms with Gasteiger partial charge < -0.3 is 15.0 Å². The molecule has 2 aromatic rings. The fourth-order valence-corrected chi connectivity index (χ4v) is 2.73. The summed E-state index contributed by atoms with van der Waals surface area (Å²) < 4.78 is 4.01. The van der Waals surface area contributed by atoms with Crippen molar-refractivity contribution in [1.82, 2.24) is 19.9 Å². The first-order valence-corrected chi connectivity index (χ1v) is 7.54. The lowest BCUT2D eigenvalue weighted by Gasteiger charge is -2.17. The molecule has 2 heterocycles. The van der Waals surface area contributed by atoms with Crippen LogP contribution in [0.3, 0.4) is 0 Å². The molecule has 0 spiro atoms. The molecule has 10 heteroatoms. The summed E-state index contributed by atoms with van der Waals surface area (Å²) in [7, 11) is 0. The standard InChI is InChI=1S/C13H13Cl2N5O3/c1-6(23-11(22)12(2)3-13(12,14)15)10(21)20-9-7-8(17-4-16-7)18-5-19-9/h4-6H,3H2,1-2H3,(H2,16,17,18,19,20,21). The van der Waals surface area contributed by atoms with E-state index in [1.807, 2.05) is 0 Å². The zero-order valence-corrected chi connectivity index (χ0v) is 13.8. The van der Waals surface area contributed by atoms with Crippen molar-refractivity contribution >= 4 is 52.1 Å². The molecule has 23 heavy (non-hydrogen) atoms. The van der Waals surface area contributed by atoms with E-state index in [-0.39, 0.29) is 12.2 Å². The number of alkyl halides is 2. The summed E-state index contributed by atoms with van der Waals surface area (Å²) in [4.78, 5) is 38.9. The lowest BCUT2D eigenvalue weighted by molar-refractivity contribution is -0.158. The number of imidazole rings is 1. The third-order valence-corrected chi connectivity index (χ3v) is 4.93. The quantitative estimate of drug-likeness (QED) is 0.637. The molecule has 1 aliphatic carbocycles. The second-order valence-electron chi connectivity index (χ2n) is 5.57. The molecule has 0 aromatic carbocycles. The van der Waals surface area contributed by atoms with Crippen molar-refractivity contribution in [3.05, 3.63) is 12.7 Å². The minimum absolute atomic E-state index is 0.252. The van der Waals surface area contributed by atoms with Crippen molar-refractivity contribution in [3.8, 4) is 0 Å². The van der Waals surface area contributed by atoms with Crippen LogP contribution in [0, 0.1) is 5.41 Å². The Bertz CT molecular complexity index is 793. The van der Waals surface area contributed by atoms with Crippen LogP contribution >= 0.6 is 23.2 Å². The number of esters is 1. The molecule has 1 fully saturated rings. The topological polar surface area (TPSA) is 110 Å². The Hall–Kier alpha value is -1.93. The summed E-state index contributed by atoms with van der Waals surface area (Å²) in [6.07, 6.45) is 1.97. The number of aromatic amines is 1. The second kappa shape index (κ2) is 5.31. The van der Waals surface area contributed by atoms with Crippen LogP contribution in [0.5, 0.6) is 0 Å². The molecule has 3 rings (SSSR count). The second-order valence-corrected chi connectivity index (χ2v) is 7.06. The van der Waals surface area contributed by atoms with Gasteiger partial charge in [-0.3, -0.25) is 9.59 Å². The number of rotatable bonds is 4. The fourth-order valence-electron chi connectivity index (χ4n) is 2.04. The van der Waals surface area contributed by atoms with E-state index in [0.29, 0.717) is 11.2 Å². The number of fused-ring (bicyclic) bond motifs is 1. The highest BCUT2D eigenvalue weighted by atomic mass is 35.5. The number of nitrogens with one attached hydrogen (secondary N) is 2. The minimum atomic E-state index is -1.14. The van der Waals surface area contributed by atoms with Gasteiger partial charge in [0, 0.05) is 6.42 Å². The summed E-state index contributed by atoms with van der Waals surface area (Å²) in [5.41, 5.74) is -0.0930. The Morgan fingerprint density at radius 1 is 1.39 bits per heavy atom. The van der Waals surface area contributed by atoms with Crippen molar-refractivity contribution in [1.29, 1.82) is 0 Å². The molecule has 0 radical (unpaired) electrons. The van der Waals surface area contributed by atoms with Crippen LogP contribution in [0.15, 0.2) is 12.7 Å². The molecule has 122 valence electrons. The maximum atomic E-state index is 12.2. The predicted octanol–water partition coefficient (Wildman–Crippen LogP) is 1.81. The number of hydrogen-bond donors (Lipinski definition) is 2. The maximum absolute atomic E-state index is 12.2. The van der Waals surface area contributed by atoms with Crippen LogP contribution in [0.1, 0.15) is 20.3 Å². The van der Waals surface area contributed by atoms with Crippen LogP contribution in [-0.4, -0.2) is 42.2 Å². The van der Waals surface area contributed by atoms with Gasteiger partial charge in [-0.25, -0.2) is 15.0 Å². The van der Waals surface area contributed by atoms with Crippen molar-refractivity contribution in [2.45, 2.75) is 30.7 Å². The van der Waals surface area contributed by atoms with Crippen LogP contribution < -0.4 is 5.32 Å². The van der Waals surface area contributed by atoms with Crippen molar-refractivity contribution < 1.29 is 14.3 Å². The van der Waals surface area contributed by atoms with Crippen LogP contribution in [0.2, 0.25) is 0 Å². The van der Waals surface area contributed by atoms with Gasteiger partial charge >= 0.3 is 5.97 Å². The monoisotopic (exact) mass is 357 g/mol. The lowest BCUT2D eigenvalue weighted by atomic mass is 10.1. The predicted molar refractivity (Wildman–Crippen MR) is 83.0 cm³/mol. The molecule has 1 aliphatic rings. The van der Waals surface area contributed by atoms with E-state index < -0.39 is 27.7 Å². The van der Waals surface area contributed by atoms with Gasteiger partial charge in [0.05, 0.1) is 6.33 Å². The Morgan fingerprint density at radius 2 is 2.09 bits per heavy atom. The average molecular weight is 358 g/mol. The number of H-pyrrole nitrogens is 1. The zero-order chi connectivity index (χ0) is 16.8.